The predicted molar refractivity (Wildman–Crippen MR) is 71.3 cm³/mol. The van der Waals surface area contributed by atoms with Crippen molar-refractivity contribution in [2.24, 2.45) is 0 Å². The smallest absolute Gasteiger partial charge is 0.169 e. The first-order valence-electron chi connectivity index (χ1n) is 6.86. The average molecular weight is 244 g/mol. The molecule has 0 bridgehead atoms. The molecule has 1 aliphatic heterocycles. The Morgan fingerprint density at radius 2 is 1.67 bits per heavy atom. The summed E-state index contributed by atoms with van der Waals surface area (Å²) in [4.78, 5) is 0. The maximum absolute atomic E-state index is 5.74. The van der Waals surface area contributed by atoms with Gasteiger partial charge in [0.15, 0.2) is 5.79 Å². The molecule has 2 fully saturated rings. The zero-order valence-electron chi connectivity index (χ0n) is 10.7. The zero-order chi connectivity index (χ0) is 12.3. The van der Waals surface area contributed by atoms with Crippen LogP contribution in [-0.2, 0) is 15.9 Å². The van der Waals surface area contributed by atoms with Crippen molar-refractivity contribution >= 4 is 0 Å². The molecule has 1 saturated carbocycles. The molecule has 0 N–H and O–H groups in total. The van der Waals surface area contributed by atoms with Gasteiger partial charge < -0.3 is 9.47 Å². The van der Waals surface area contributed by atoms with Crippen LogP contribution in [0.5, 0.6) is 0 Å². The van der Waals surface area contributed by atoms with Crippen LogP contribution in [0.2, 0.25) is 0 Å². The summed E-state index contributed by atoms with van der Waals surface area (Å²) in [5.74, 6) is -0.232. The largest absolute Gasteiger partial charge is 0.348 e. The molecule has 3 rings (SSSR count). The van der Waals surface area contributed by atoms with Gasteiger partial charge in [0.1, 0.15) is 0 Å². The third-order valence-corrected chi connectivity index (χ3v) is 3.94. The zero-order valence-corrected chi connectivity index (χ0v) is 10.7. The Labute approximate surface area is 109 Å². The minimum atomic E-state index is -0.232. The lowest BCUT2D eigenvalue weighted by molar-refractivity contribution is -0.171. The number of rotatable bonds is 2. The summed E-state index contributed by atoms with van der Waals surface area (Å²) in [5.41, 5.74) is 2.95. The summed E-state index contributed by atoms with van der Waals surface area (Å²) in [5, 5.41) is 0. The van der Waals surface area contributed by atoms with Crippen LogP contribution in [0.1, 0.15) is 31.2 Å². The molecule has 18 heavy (non-hydrogen) atoms. The molecule has 1 aliphatic carbocycles. The number of benzene rings is 1. The number of hydrogen-bond donors (Lipinski definition) is 0. The van der Waals surface area contributed by atoms with Crippen molar-refractivity contribution in [3.8, 4) is 0 Å². The predicted octanol–water partition coefficient (Wildman–Crippen LogP) is 3.47. The molecule has 0 atom stereocenters. The van der Waals surface area contributed by atoms with E-state index in [2.05, 4.69) is 36.4 Å². The number of allylic oxidation sites excluding steroid dienone is 2. The quantitative estimate of drug-likeness (QED) is 0.742. The summed E-state index contributed by atoms with van der Waals surface area (Å²) in [7, 11) is 0. The summed E-state index contributed by atoms with van der Waals surface area (Å²) < 4.78 is 11.5. The van der Waals surface area contributed by atoms with Gasteiger partial charge in [-0.05, 0) is 24.8 Å². The minimum Gasteiger partial charge on any atom is -0.348 e. The van der Waals surface area contributed by atoms with Gasteiger partial charge in [-0.1, -0.05) is 42.0 Å². The van der Waals surface area contributed by atoms with Gasteiger partial charge in [0.2, 0.25) is 0 Å². The topological polar surface area (TPSA) is 18.5 Å². The maximum Gasteiger partial charge on any atom is 0.169 e. The Kier molecular flexibility index (Phi) is 3.48. The van der Waals surface area contributed by atoms with E-state index in [0.29, 0.717) is 0 Å². The molecular weight excluding hydrogens is 224 g/mol. The highest BCUT2D eigenvalue weighted by Crippen LogP contribution is 2.37. The second-order valence-electron chi connectivity index (χ2n) is 5.16. The lowest BCUT2D eigenvalue weighted by Gasteiger charge is -2.32. The SMILES string of the molecule is C(Cc1ccccc1)=C1CCC2(CC1)OCCO2. The lowest BCUT2D eigenvalue weighted by Crippen LogP contribution is -2.33. The van der Waals surface area contributed by atoms with Gasteiger partial charge in [0.25, 0.3) is 0 Å². The molecule has 2 aliphatic rings. The highest BCUT2D eigenvalue weighted by molar-refractivity contribution is 5.20. The average Bonchev–Trinajstić information content (AvgIpc) is 2.88. The Morgan fingerprint density at radius 3 is 2.33 bits per heavy atom. The fourth-order valence-electron chi connectivity index (χ4n) is 2.82. The van der Waals surface area contributed by atoms with E-state index in [1.807, 2.05) is 0 Å². The normalized spacial score (nSPS) is 22.3. The van der Waals surface area contributed by atoms with E-state index in [-0.39, 0.29) is 5.79 Å². The second-order valence-corrected chi connectivity index (χ2v) is 5.16. The van der Waals surface area contributed by atoms with Crippen molar-refractivity contribution in [1.82, 2.24) is 0 Å². The van der Waals surface area contributed by atoms with Gasteiger partial charge in [0.05, 0.1) is 13.2 Å². The van der Waals surface area contributed by atoms with Crippen LogP contribution >= 0.6 is 0 Å². The van der Waals surface area contributed by atoms with Gasteiger partial charge in [-0.15, -0.1) is 0 Å². The summed E-state index contributed by atoms with van der Waals surface area (Å²) in [6.45, 7) is 1.53. The first-order valence-corrected chi connectivity index (χ1v) is 6.86. The summed E-state index contributed by atoms with van der Waals surface area (Å²) in [6, 6.07) is 10.6. The number of hydrogen-bond acceptors (Lipinski definition) is 2. The van der Waals surface area contributed by atoms with Crippen LogP contribution in [0.15, 0.2) is 42.0 Å². The van der Waals surface area contributed by atoms with E-state index < -0.39 is 0 Å². The van der Waals surface area contributed by atoms with Crippen LogP contribution in [-0.4, -0.2) is 19.0 Å². The monoisotopic (exact) mass is 244 g/mol. The molecule has 2 nitrogen and oxygen atoms in total. The maximum atomic E-state index is 5.74. The molecular formula is C16H20O2. The molecule has 0 amide bonds. The van der Waals surface area contributed by atoms with E-state index in [1.165, 1.54) is 5.56 Å². The third-order valence-electron chi connectivity index (χ3n) is 3.94. The molecule has 96 valence electrons. The highest BCUT2D eigenvalue weighted by atomic mass is 16.7. The lowest BCUT2D eigenvalue weighted by atomic mass is 9.89. The molecule has 2 heteroatoms. The molecule has 1 saturated heterocycles. The summed E-state index contributed by atoms with van der Waals surface area (Å²) >= 11 is 0. The van der Waals surface area contributed by atoms with Crippen LogP contribution in [0.4, 0.5) is 0 Å². The molecule has 1 aromatic carbocycles. The fraction of sp³-hybridized carbons (Fsp3) is 0.500. The molecule has 1 aromatic rings. The van der Waals surface area contributed by atoms with Gasteiger partial charge in [0, 0.05) is 12.8 Å². The van der Waals surface area contributed by atoms with Crippen LogP contribution in [0.3, 0.4) is 0 Å². The van der Waals surface area contributed by atoms with Crippen LogP contribution in [0, 0.1) is 0 Å². The van der Waals surface area contributed by atoms with E-state index in [9.17, 15) is 0 Å². The van der Waals surface area contributed by atoms with Gasteiger partial charge in [-0.2, -0.15) is 0 Å². The van der Waals surface area contributed by atoms with Crippen molar-refractivity contribution in [3.63, 3.8) is 0 Å². The Balaban J connectivity index is 1.56. The van der Waals surface area contributed by atoms with E-state index in [4.69, 9.17) is 9.47 Å². The van der Waals surface area contributed by atoms with Crippen molar-refractivity contribution in [2.75, 3.05) is 13.2 Å². The third kappa shape index (κ3) is 2.65. The van der Waals surface area contributed by atoms with Gasteiger partial charge in [-0.3, -0.25) is 0 Å². The van der Waals surface area contributed by atoms with Crippen molar-refractivity contribution in [3.05, 3.63) is 47.5 Å². The molecule has 0 aromatic heterocycles. The van der Waals surface area contributed by atoms with Crippen molar-refractivity contribution in [1.29, 1.82) is 0 Å². The van der Waals surface area contributed by atoms with Gasteiger partial charge >= 0.3 is 0 Å². The minimum absolute atomic E-state index is 0.232. The first kappa shape index (κ1) is 11.9. The Hall–Kier alpha value is -1.12. The van der Waals surface area contributed by atoms with Crippen LogP contribution in [0.25, 0.3) is 0 Å². The Bertz CT molecular complexity index is 404. The Morgan fingerprint density at radius 1 is 1.00 bits per heavy atom. The molecule has 1 heterocycles. The van der Waals surface area contributed by atoms with Crippen molar-refractivity contribution in [2.45, 2.75) is 37.9 Å². The fourth-order valence-corrected chi connectivity index (χ4v) is 2.82. The highest BCUT2D eigenvalue weighted by Gasteiger charge is 2.38. The van der Waals surface area contributed by atoms with Gasteiger partial charge in [-0.25, -0.2) is 0 Å². The van der Waals surface area contributed by atoms with Crippen molar-refractivity contribution < 1.29 is 9.47 Å². The summed E-state index contributed by atoms with van der Waals surface area (Å²) in [6.07, 6.45) is 7.71. The molecule has 1 spiro atoms. The standard InChI is InChI=1S/C16H20O2/c1-2-4-14(5-3-1)6-7-15-8-10-16(11-9-15)17-12-13-18-16/h1-5,7H,6,8-13H2. The van der Waals surface area contributed by atoms with Crippen LogP contribution < -0.4 is 0 Å². The number of ether oxygens (including phenoxy) is 2. The molecule has 0 unspecified atom stereocenters. The van der Waals surface area contributed by atoms with E-state index >= 15 is 0 Å². The van der Waals surface area contributed by atoms with E-state index in [1.54, 1.807) is 5.57 Å². The first-order chi connectivity index (χ1) is 8.86. The van der Waals surface area contributed by atoms with E-state index in [0.717, 1.165) is 45.3 Å². The second kappa shape index (κ2) is 5.25. The molecule has 0 radical (unpaired) electrons.